The minimum Gasteiger partial charge on any atom is -0.309 e. The minimum atomic E-state index is -0.140. The van der Waals surface area contributed by atoms with Crippen molar-refractivity contribution < 1.29 is 4.79 Å². The van der Waals surface area contributed by atoms with Crippen molar-refractivity contribution in [2.24, 2.45) is 0 Å². The van der Waals surface area contributed by atoms with Gasteiger partial charge in [0.15, 0.2) is 5.11 Å². The maximum atomic E-state index is 12.0. The van der Waals surface area contributed by atoms with Crippen molar-refractivity contribution in [1.29, 1.82) is 0 Å². The van der Waals surface area contributed by atoms with Gasteiger partial charge >= 0.3 is 0 Å². The van der Waals surface area contributed by atoms with Crippen molar-refractivity contribution in [1.82, 2.24) is 10.2 Å². The van der Waals surface area contributed by atoms with Crippen LogP contribution in [-0.4, -0.2) is 15.9 Å². The summed E-state index contributed by atoms with van der Waals surface area (Å²) in [6.45, 7) is 0.593. The number of benzene rings is 1. The Morgan fingerprint density at radius 2 is 2.00 bits per heavy atom. The molecule has 0 unspecified atom stereocenters. The predicted molar refractivity (Wildman–Crippen MR) is 85.0 cm³/mol. The molecule has 0 radical (unpaired) electrons. The molecule has 1 saturated heterocycles. The number of thiophene rings is 1. The Balaban J connectivity index is 1.90. The molecule has 2 heterocycles. The third kappa shape index (κ3) is 2.64. The lowest BCUT2D eigenvalue weighted by Crippen LogP contribution is -2.26. The van der Waals surface area contributed by atoms with Gasteiger partial charge in [-0.3, -0.25) is 10.1 Å². The average Bonchev–Trinajstić information content (AvgIpc) is 3.04. The van der Waals surface area contributed by atoms with Crippen molar-refractivity contribution >= 4 is 40.7 Å². The van der Waals surface area contributed by atoms with E-state index >= 15 is 0 Å². The lowest BCUT2D eigenvalue weighted by Gasteiger charge is -2.17. The molecular weight excluding hydrogens is 288 g/mol. The topological polar surface area (TPSA) is 32.3 Å². The summed E-state index contributed by atoms with van der Waals surface area (Å²) in [4.78, 5) is 14.9. The molecule has 100 valence electrons. The summed E-state index contributed by atoms with van der Waals surface area (Å²) < 4.78 is 0. The predicted octanol–water partition coefficient (Wildman–Crippen LogP) is 3.01. The maximum absolute atomic E-state index is 12.0. The van der Waals surface area contributed by atoms with Gasteiger partial charge in [0.25, 0.3) is 5.91 Å². The molecule has 3 nitrogen and oxygen atoms in total. The zero-order chi connectivity index (χ0) is 13.9. The van der Waals surface area contributed by atoms with Gasteiger partial charge in [0.1, 0.15) is 5.70 Å². The van der Waals surface area contributed by atoms with Crippen LogP contribution in [0.3, 0.4) is 0 Å². The number of nitrogens with zero attached hydrogens (tertiary/aromatic N) is 1. The lowest BCUT2D eigenvalue weighted by atomic mass is 10.2. The summed E-state index contributed by atoms with van der Waals surface area (Å²) in [6.07, 6.45) is 1.88. The molecule has 1 aromatic heterocycles. The molecule has 2 aromatic rings. The van der Waals surface area contributed by atoms with Crippen LogP contribution in [0, 0.1) is 0 Å². The molecule has 0 saturated carbocycles. The first kappa shape index (κ1) is 13.0. The first-order chi connectivity index (χ1) is 9.74. The summed E-state index contributed by atoms with van der Waals surface area (Å²) in [5.74, 6) is -0.140. The molecule has 1 aromatic carbocycles. The number of hydrogen-bond donors (Lipinski definition) is 1. The van der Waals surface area contributed by atoms with E-state index < -0.39 is 0 Å². The molecule has 0 spiro atoms. The highest BCUT2D eigenvalue weighted by molar-refractivity contribution is 7.80. The fraction of sp³-hybridized carbons (Fsp3) is 0.0667. The standard InChI is InChI=1S/C15H12N2OS2/c18-14-13(9-12-7-4-8-20-12)17(15(19)16-14)10-11-5-2-1-3-6-11/h1-9H,10H2,(H,16,18,19)/b13-9+. The number of rotatable bonds is 3. The third-order valence-electron chi connectivity index (χ3n) is 2.99. The number of nitrogens with one attached hydrogen (secondary N) is 1. The van der Waals surface area contributed by atoms with Crippen LogP contribution in [0.25, 0.3) is 6.08 Å². The van der Waals surface area contributed by atoms with Crippen molar-refractivity contribution in [2.75, 3.05) is 0 Å². The normalized spacial score (nSPS) is 16.8. The van der Waals surface area contributed by atoms with E-state index in [0.29, 0.717) is 17.4 Å². The van der Waals surface area contributed by atoms with Gasteiger partial charge in [-0.05, 0) is 35.3 Å². The Kier molecular flexibility index (Phi) is 3.62. The van der Waals surface area contributed by atoms with Gasteiger partial charge in [-0.25, -0.2) is 0 Å². The second-order valence-corrected chi connectivity index (χ2v) is 5.74. The molecular formula is C15H12N2OS2. The first-order valence-electron chi connectivity index (χ1n) is 6.16. The molecule has 0 atom stereocenters. The Labute approximate surface area is 126 Å². The average molecular weight is 300 g/mol. The van der Waals surface area contributed by atoms with Gasteiger partial charge in [0.2, 0.25) is 0 Å². The highest BCUT2D eigenvalue weighted by atomic mass is 32.1. The summed E-state index contributed by atoms with van der Waals surface area (Å²) in [6, 6.07) is 13.9. The number of hydrogen-bond acceptors (Lipinski definition) is 3. The monoisotopic (exact) mass is 300 g/mol. The molecule has 1 amide bonds. The van der Waals surface area contributed by atoms with Gasteiger partial charge in [-0.2, -0.15) is 0 Å². The smallest absolute Gasteiger partial charge is 0.274 e. The summed E-state index contributed by atoms with van der Waals surface area (Å²) in [5.41, 5.74) is 1.71. The Morgan fingerprint density at radius 1 is 1.20 bits per heavy atom. The fourth-order valence-electron chi connectivity index (χ4n) is 2.04. The van der Waals surface area contributed by atoms with Crippen LogP contribution in [-0.2, 0) is 11.3 Å². The Morgan fingerprint density at radius 3 is 2.70 bits per heavy atom. The zero-order valence-electron chi connectivity index (χ0n) is 10.6. The molecule has 20 heavy (non-hydrogen) atoms. The van der Waals surface area contributed by atoms with E-state index in [9.17, 15) is 4.79 Å². The summed E-state index contributed by atoms with van der Waals surface area (Å²) >= 11 is 6.84. The summed E-state index contributed by atoms with van der Waals surface area (Å²) in [7, 11) is 0. The van der Waals surface area contributed by atoms with Crippen LogP contribution < -0.4 is 5.32 Å². The highest BCUT2D eigenvalue weighted by Crippen LogP contribution is 2.21. The van der Waals surface area contributed by atoms with Crippen LogP contribution in [0.15, 0.2) is 53.5 Å². The van der Waals surface area contributed by atoms with Crippen LogP contribution in [0.5, 0.6) is 0 Å². The SMILES string of the molecule is O=C1NC(=S)N(Cc2ccccc2)/C1=C/c1cccs1. The first-order valence-corrected chi connectivity index (χ1v) is 7.45. The van der Waals surface area contributed by atoms with E-state index in [4.69, 9.17) is 12.2 Å². The molecule has 0 aliphatic carbocycles. The number of carbonyl (C=O) groups excluding carboxylic acids is 1. The van der Waals surface area contributed by atoms with Crippen molar-refractivity contribution in [3.8, 4) is 0 Å². The number of amides is 1. The van der Waals surface area contributed by atoms with E-state index in [0.717, 1.165) is 10.4 Å². The number of carbonyl (C=O) groups is 1. The fourth-order valence-corrected chi connectivity index (χ4v) is 2.94. The Hall–Kier alpha value is -1.98. The van der Waals surface area contributed by atoms with Gasteiger partial charge < -0.3 is 4.90 Å². The van der Waals surface area contributed by atoms with Crippen molar-refractivity contribution in [2.45, 2.75) is 6.54 Å². The summed E-state index contributed by atoms with van der Waals surface area (Å²) in [5, 5.41) is 5.15. The molecule has 0 bridgehead atoms. The van der Waals surface area contributed by atoms with E-state index in [1.54, 1.807) is 11.3 Å². The van der Waals surface area contributed by atoms with Gasteiger partial charge in [-0.15, -0.1) is 11.3 Å². The van der Waals surface area contributed by atoms with Gasteiger partial charge in [-0.1, -0.05) is 36.4 Å². The number of thiocarbonyl (C=S) groups is 1. The van der Waals surface area contributed by atoms with E-state index in [1.807, 2.05) is 58.8 Å². The van der Waals surface area contributed by atoms with E-state index in [-0.39, 0.29) is 5.91 Å². The largest absolute Gasteiger partial charge is 0.309 e. The van der Waals surface area contributed by atoms with Crippen LogP contribution in [0.4, 0.5) is 0 Å². The van der Waals surface area contributed by atoms with Crippen LogP contribution in [0.1, 0.15) is 10.4 Å². The highest BCUT2D eigenvalue weighted by Gasteiger charge is 2.29. The zero-order valence-corrected chi connectivity index (χ0v) is 12.2. The van der Waals surface area contributed by atoms with E-state index in [1.165, 1.54) is 0 Å². The maximum Gasteiger partial charge on any atom is 0.274 e. The van der Waals surface area contributed by atoms with Crippen molar-refractivity contribution in [3.63, 3.8) is 0 Å². The minimum absolute atomic E-state index is 0.140. The van der Waals surface area contributed by atoms with E-state index in [2.05, 4.69) is 5.32 Å². The van der Waals surface area contributed by atoms with Crippen LogP contribution in [0.2, 0.25) is 0 Å². The molecule has 3 rings (SSSR count). The molecule has 5 heteroatoms. The molecule has 1 aliphatic rings. The second kappa shape index (κ2) is 5.56. The van der Waals surface area contributed by atoms with Crippen molar-refractivity contribution in [3.05, 3.63) is 64.0 Å². The Bertz CT molecular complexity index is 662. The second-order valence-electron chi connectivity index (χ2n) is 4.38. The molecule has 1 aliphatic heterocycles. The third-order valence-corrected chi connectivity index (χ3v) is 4.14. The van der Waals surface area contributed by atoms with Gasteiger partial charge in [0, 0.05) is 4.88 Å². The molecule has 1 N–H and O–H groups in total. The molecule has 1 fully saturated rings. The lowest BCUT2D eigenvalue weighted by molar-refractivity contribution is -0.115. The van der Waals surface area contributed by atoms with Crippen LogP contribution >= 0.6 is 23.6 Å². The van der Waals surface area contributed by atoms with Gasteiger partial charge in [0.05, 0.1) is 6.54 Å². The quantitative estimate of drug-likeness (QED) is 0.698.